The average Bonchev–Trinajstić information content (AvgIpc) is 2.83. The summed E-state index contributed by atoms with van der Waals surface area (Å²) in [5.41, 5.74) is 2.18. The Kier molecular flexibility index (Phi) is 3.97. The van der Waals surface area contributed by atoms with Crippen LogP contribution >= 0.6 is 11.3 Å². The fourth-order valence-corrected chi connectivity index (χ4v) is 2.40. The summed E-state index contributed by atoms with van der Waals surface area (Å²) >= 11 is 1.41. The number of carboxylic acid groups (broad SMARTS) is 1. The van der Waals surface area contributed by atoms with Gasteiger partial charge in [-0.1, -0.05) is 12.1 Å². The van der Waals surface area contributed by atoms with Crippen molar-refractivity contribution in [2.24, 2.45) is 0 Å². The summed E-state index contributed by atoms with van der Waals surface area (Å²) in [4.78, 5) is 23.2. The van der Waals surface area contributed by atoms with E-state index in [1.54, 1.807) is 12.1 Å². The van der Waals surface area contributed by atoms with Crippen molar-refractivity contribution in [1.29, 1.82) is 0 Å². The van der Waals surface area contributed by atoms with E-state index in [-0.39, 0.29) is 11.5 Å². The number of carboxylic acids is 1. The standard InChI is InChI=1S/C14H13NO3S/c1-9-6-12(19-8-9)13(16)15-7-10-2-4-11(5-3-10)14(17)18/h2-6,8H,7H2,1H3,(H,15,16)(H,17,18). The Morgan fingerprint density at radius 3 is 2.47 bits per heavy atom. The summed E-state index contributed by atoms with van der Waals surface area (Å²) in [7, 11) is 0. The lowest BCUT2D eigenvalue weighted by atomic mass is 10.1. The molecular formula is C14H13NO3S. The van der Waals surface area contributed by atoms with Gasteiger partial charge in [-0.25, -0.2) is 4.79 Å². The van der Waals surface area contributed by atoms with Gasteiger partial charge in [0.05, 0.1) is 10.4 Å². The van der Waals surface area contributed by atoms with Crippen LogP contribution in [0.3, 0.4) is 0 Å². The zero-order chi connectivity index (χ0) is 13.8. The molecule has 2 N–H and O–H groups in total. The molecule has 0 atom stereocenters. The van der Waals surface area contributed by atoms with Crippen LogP contribution in [0.25, 0.3) is 0 Å². The smallest absolute Gasteiger partial charge is 0.335 e. The Labute approximate surface area is 114 Å². The Morgan fingerprint density at radius 1 is 1.26 bits per heavy atom. The van der Waals surface area contributed by atoms with Gasteiger partial charge >= 0.3 is 5.97 Å². The van der Waals surface area contributed by atoms with E-state index >= 15 is 0 Å². The monoisotopic (exact) mass is 275 g/mol. The summed E-state index contributed by atoms with van der Waals surface area (Å²) in [6.45, 7) is 2.33. The predicted molar refractivity (Wildman–Crippen MR) is 73.6 cm³/mol. The van der Waals surface area contributed by atoms with E-state index in [4.69, 9.17) is 5.11 Å². The normalized spacial score (nSPS) is 10.2. The van der Waals surface area contributed by atoms with Gasteiger partial charge in [0, 0.05) is 6.54 Å². The SMILES string of the molecule is Cc1csc(C(=O)NCc2ccc(C(=O)O)cc2)c1. The first-order valence-corrected chi connectivity index (χ1v) is 6.60. The Hall–Kier alpha value is -2.14. The average molecular weight is 275 g/mol. The molecule has 2 aromatic rings. The number of amides is 1. The maximum atomic E-state index is 11.8. The fraction of sp³-hybridized carbons (Fsp3) is 0.143. The van der Waals surface area contributed by atoms with E-state index in [1.165, 1.54) is 23.5 Å². The molecule has 0 aliphatic rings. The number of carbonyl (C=O) groups excluding carboxylic acids is 1. The molecule has 19 heavy (non-hydrogen) atoms. The number of thiophene rings is 1. The minimum atomic E-state index is -0.954. The van der Waals surface area contributed by atoms with Gasteiger partial charge in [0.15, 0.2) is 0 Å². The van der Waals surface area contributed by atoms with Crippen LogP contribution in [0.15, 0.2) is 35.7 Å². The van der Waals surface area contributed by atoms with Crippen LogP contribution in [0, 0.1) is 6.92 Å². The van der Waals surface area contributed by atoms with Crippen molar-refractivity contribution in [3.05, 3.63) is 57.3 Å². The molecule has 1 aromatic carbocycles. The maximum absolute atomic E-state index is 11.8. The molecule has 1 amide bonds. The molecular weight excluding hydrogens is 262 g/mol. The van der Waals surface area contributed by atoms with E-state index < -0.39 is 5.97 Å². The number of hydrogen-bond acceptors (Lipinski definition) is 3. The molecule has 0 bridgehead atoms. The van der Waals surface area contributed by atoms with Gasteiger partial charge in [0.25, 0.3) is 5.91 Å². The van der Waals surface area contributed by atoms with E-state index in [9.17, 15) is 9.59 Å². The third-order valence-corrected chi connectivity index (χ3v) is 3.66. The largest absolute Gasteiger partial charge is 0.478 e. The van der Waals surface area contributed by atoms with Gasteiger partial charge in [0.1, 0.15) is 0 Å². The molecule has 0 aliphatic carbocycles. The van der Waals surface area contributed by atoms with Crippen molar-refractivity contribution in [3.8, 4) is 0 Å². The zero-order valence-corrected chi connectivity index (χ0v) is 11.2. The van der Waals surface area contributed by atoms with Crippen LogP contribution in [0.5, 0.6) is 0 Å². The van der Waals surface area contributed by atoms with Crippen LogP contribution in [-0.4, -0.2) is 17.0 Å². The van der Waals surface area contributed by atoms with Crippen LogP contribution in [0.1, 0.15) is 31.2 Å². The number of aromatic carboxylic acids is 1. The lowest BCUT2D eigenvalue weighted by Gasteiger charge is -2.04. The van der Waals surface area contributed by atoms with Crippen LogP contribution in [0.2, 0.25) is 0 Å². The molecule has 0 radical (unpaired) electrons. The number of aryl methyl sites for hydroxylation is 1. The summed E-state index contributed by atoms with van der Waals surface area (Å²) in [5, 5.41) is 13.5. The zero-order valence-electron chi connectivity index (χ0n) is 10.3. The van der Waals surface area contributed by atoms with Gasteiger partial charge in [-0.05, 0) is 41.6 Å². The molecule has 0 saturated heterocycles. The molecule has 0 aliphatic heterocycles. The fourth-order valence-electron chi connectivity index (χ4n) is 1.58. The highest BCUT2D eigenvalue weighted by molar-refractivity contribution is 7.12. The first kappa shape index (κ1) is 13.3. The molecule has 2 rings (SSSR count). The van der Waals surface area contributed by atoms with E-state index in [2.05, 4.69) is 5.32 Å². The minimum Gasteiger partial charge on any atom is -0.478 e. The quantitative estimate of drug-likeness (QED) is 0.901. The van der Waals surface area contributed by atoms with Gasteiger partial charge in [-0.15, -0.1) is 11.3 Å². The highest BCUT2D eigenvalue weighted by atomic mass is 32.1. The molecule has 5 heteroatoms. The first-order valence-electron chi connectivity index (χ1n) is 5.72. The predicted octanol–water partition coefficient (Wildman–Crippen LogP) is 2.68. The molecule has 0 fully saturated rings. The second kappa shape index (κ2) is 5.67. The number of rotatable bonds is 4. The molecule has 98 valence electrons. The van der Waals surface area contributed by atoms with Gasteiger partial charge in [0.2, 0.25) is 0 Å². The molecule has 0 spiro atoms. The third-order valence-electron chi connectivity index (χ3n) is 2.61. The van der Waals surface area contributed by atoms with Crippen molar-refractivity contribution >= 4 is 23.2 Å². The van der Waals surface area contributed by atoms with Crippen molar-refractivity contribution in [3.63, 3.8) is 0 Å². The second-order valence-electron chi connectivity index (χ2n) is 4.17. The summed E-state index contributed by atoms with van der Waals surface area (Å²) in [6.07, 6.45) is 0. The van der Waals surface area contributed by atoms with Gasteiger partial charge in [-0.2, -0.15) is 0 Å². The van der Waals surface area contributed by atoms with E-state index in [0.717, 1.165) is 11.1 Å². The highest BCUT2D eigenvalue weighted by Crippen LogP contribution is 2.13. The minimum absolute atomic E-state index is 0.111. The Balaban J connectivity index is 1.95. The van der Waals surface area contributed by atoms with Crippen LogP contribution in [0.4, 0.5) is 0 Å². The molecule has 0 unspecified atom stereocenters. The number of nitrogens with one attached hydrogen (secondary N) is 1. The number of benzene rings is 1. The number of carbonyl (C=O) groups is 2. The van der Waals surface area contributed by atoms with E-state index in [0.29, 0.717) is 11.4 Å². The molecule has 4 nitrogen and oxygen atoms in total. The van der Waals surface area contributed by atoms with Crippen LogP contribution in [-0.2, 0) is 6.54 Å². The van der Waals surface area contributed by atoms with Gasteiger partial charge < -0.3 is 10.4 Å². The Morgan fingerprint density at radius 2 is 1.95 bits per heavy atom. The molecule has 1 heterocycles. The highest BCUT2D eigenvalue weighted by Gasteiger charge is 2.07. The summed E-state index contributed by atoms with van der Waals surface area (Å²) in [6, 6.07) is 8.29. The maximum Gasteiger partial charge on any atom is 0.335 e. The van der Waals surface area contributed by atoms with Crippen molar-refractivity contribution < 1.29 is 14.7 Å². The molecule has 1 aromatic heterocycles. The van der Waals surface area contributed by atoms with Gasteiger partial charge in [-0.3, -0.25) is 4.79 Å². The lowest BCUT2D eigenvalue weighted by Crippen LogP contribution is -2.21. The van der Waals surface area contributed by atoms with Crippen molar-refractivity contribution in [1.82, 2.24) is 5.32 Å². The molecule has 0 saturated carbocycles. The first-order chi connectivity index (χ1) is 9.06. The number of hydrogen-bond donors (Lipinski definition) is 2. The topological polar surface area (TPSA) is 66.4 Å². The van der Waals surface area contributed by atoms with Crippen molar-refractivity contribution in [2.45, 2.75) is 13.5 Å². The third kappa shape index (κ3) is 3.42. The van der Waals surface area contributed by atoms with E-state index in [1.807, 2.05) is 18.4 Å². The summed E-state index contributed by atoms with van der Waals surface area (Å²) in [5.74, 6) is -1.06. The van der Waals surface area contributed by atoms with Crippen LogP contribution < -0.4 is 5.32 Å². The summed E-state index contributed by atoms with van der Waals surface area (Å²) < 4.78 is 0. The van der Waals surface area contributed by atoms with Crippen molar-refractivity contribution in [2.75, 3.05) is 0 Å². The second-order valence-corrected chi connectivity index (χ2v) is 5.08. The lowest BCUT2D eigenvalue weighted by molar-refractivity contribution is 0.0696. The Bertz CT molecular complexity index is 601.